The van der Waals surface area contributed by atoms with Crippen molar-refractivity contribution in [2.75, 3.05) is 23.0 Å². The van der Waals surface area contributed by atoms with Crippen molar-refractivity contribution in [1.29, 1.82) is 0 Å². The summed E-state index contributed by atoms with van der Waals surface area (Å²) in [5, 5.41) is 9.07. The Morgan fingerprint density at radius 1 is 1.47 bits per heavy atom. The summed E-state index contributed by atoms with van der Waals surface area (Å²) >= 11 is 5.92. The Labute approximate surface area is 116 Å². The van der Waals surface area contributed by atoms with Crippen LogP contribution in [0.4, 0.5) is 5.69 Å². The third-order valence-corrected chi connectivity index (χ3v) is 5.29. The molecule has 0 amide bonds. The third kappa shape index (κ3) is 3.01. The van der Waals surface area contributed by atoms with Crippen LogP contribution in [0.25, 0.3) is 0 Å². The SMILES string of the molecule is CC1CS(=O)(=O)CCN1c1ccc(C(=O)O)c(Cl)c1. The van der Waals surface area contributed by atoms with Crippen LogP contribution in [0.5, 0.6) is 0 Å². The highest BCUT2D eigenvalue weighted by atomic mass is 35.5. The molecule has 7 heteroatoms. The smallest absolute Gasteiger partial charge is 0.337 e. The van der Waals surface area contributed by atoms with Crippen molar-refractivity contribution in [3.05, 3.63) is 28.8 Å². The Morgan fingerprint density at radius 3 is 2.68 bits per heavy atom. The van der Waals surface area contributed by atoms with E-state index in [0.29, 0.717) is 6.54 Å². The van der Waals surface area contributed by atoms with E-state index < -0.39 is 15.8 Å². The first-order valence-corrected chi connectivity index (χ1v) is 8.00. The summed E-state index contributed by atoms with van der Waals surface area (Å²) in [6, 6.07) is 4.52. The van der Waals surface area contributed by atoms with Crippen LogP contribution >= 0.6 is 11.6 Å². The molecule has 104 valence electrons. The number of hydrogen-bond acceptors (Lipinski definition) is 4. The van der Waals surface area contributed by atoms with Crippen molar-refractivity contribution in [2.45, 2.75) is 13.0 Å². The van der Waals surface area contributed by atoms with E-state index in [2.05, 4.69) is 0 Å². The van der Waals surface area contributed by atoms with Gasteiger partial charge in [0.15, 0.2) is 9.84 Å². The van der Waals surface area contributed by atoms with E-state index in [0.717, 1.165) is 5.69 Å². The molecule has 1 N–H and O–H groups in total. The Kier molecular flexibility index (Phi) is 3.73. The van der Waals surface area contributed by atoms with Gasteiger partial charge in [0, 0.05) is 18.3 Å². The van der Waals surface area contributed by atoms with Crippen LogP contribution < -0.4 is 4.90 Å². The molecule has 0 aromatic heterocycles. The molecule has 1 aliphatic rings. The number of anilines is 1. The highest BCUT2D eigenvalue weighted by Gasteiger charge is 2.28. The molecule has 0 spiro atoms. The first-order valence-electron chi connectivity index (χ1n) is 5.80. The second kappa shape index (κ2) is 5.02. The van der Waals surface area contributed by atoms with E-state index in [-0.39, 0.29) is 28.1 Å². The molecule has 1 fully saturated rings. The number of hydrogen-bond donors (Lipinski definition) is 1. The number of halogens is 1. The number of carboxylic acids is 1. The van der Waals surface area contributed by atoms with Crippen LogP contribution in [0.15, 0.2) is 18.2 Å². The Balaban J connectivity index is 2.28. The van der Waals surface area contributed by atoms with Crippen LogP contribution in [-0.4, -0.2) is 43.6 Å². The molecule has 5 nitrogen and oxygen atoms in total. The summed E-state index contributed by atoms with van der Waals surface area (Å²) in [6.45, 7) is 2.22. The van der Waals surface area contributed by atoms with Crippen LogP contribution in [0.2, 0.25) is 5.02 Å². The number of rotatable bonds is 2. The quantitative estimate of drug-likeness (QED) is 0.899. The number of carbonyl (C=O) groups is 1. The van der Waals surface area contributed by atoms with Crippen molar-refractivity contribution < 1.29 is 18.3 Å². The molecule has 1 atom stereocenters. The van der Waals surface area contributed by atoms with Crippen molar-refractivity contribution in [3.8, 4) is 0 Å². The highest BCUT2D eigenvalue weighted by Crippen LogP contribution is 2.27. The minimum absolute atomic E-state index is 0.0442. The van der Waals surface area contributed by atoms with Crippen LogP contribution in [0.3, 0.4) is 0 Å². The maximum absolute atomic E-state index is 11.5. The molecule has 1 unspecified atom stereocenters. The number of nitrogens with zero attached hydrogens (tertiary/aromatic N) is 1. The maximum atomic E-state index is 11.5. The van der Waals surface area contributed by atoms with Gasteiger partial charge in [0.05, 0.1) is 22.1 Å². The van der Waals surface area contributed by atoms with Crippen LogP contribution in [-0.2, 0) is 9.84 Å². The minimum Gasteiger partial charge on any atom is -0.478 e. The highest BCUT2D eigenvalue weighted by molar-refractivity contribution is 7.91. The number of carboxylic acid groups (broad SMARTS) is 1. The summed E-state index contributed by atoms with van der Waals surface area (Å²) < 4.78 is 23.0. The largest absolute Gasteiger partial charge is 0.478 e. The molecular weight excluding hydrogens is 290 g/mol. The van der Waals surface area contributed by atoms with Crippen molar-refractivity contribution >= 4 is 33.1 Å². The lowest BCUT2D eigenvalue weighted by atomic mass is 10.1. The predicted molar refractivity (Wildman–Crippen MR) is 73.9 cm³/mol. The van der Waals surface area contributed by atoms with Gasteiger partial charge < -0.3 is 10.0 Å². The van der Waals surface area contributed by atoms with Crippen molar-refractivity contribution in [2.24, 2.45) is 0 Å². The molecular formula is C12H14ClNO4S. The van der Waals surface area contributed by atoms with Gasteiger partial charge in [-0.05, 0) is 25.1 Å². The van der Waals surface area contributed by atoms with E-state index in [9.17, 15) is 13.2 Å². The molecule has 0 aliphatic carbocycles. The van der Waals surface area contributed by atoms with Gasteiger partial charge in [-0.3, -0.25) is 0 Å². The van der Waals surface area contributed by atoms with Crippen molar-refractivity contribution in [3.63, 3.8) is 0 Å². The van der Waals surface area contributed by atoms with E-state index in [4.69, 9.17) is 16.7 Å². The van der Waals surface area contributed by atoms with E-state index in [1.165, 1.54) is 6.07 Å². The third-order valence-electron chi connectivity index (χ3n) is 3.19. The van der Waals surface area contributed by atoms with Gasteiger partial charge >= 0.3 is 5.97 Å². The molecule has 0 saturated carbocycles. The lowest BCUT2D eigenvalue weighted by molar-refractivity contribution is 0.0697. The number of sulfone groups is 1. The first-order chi connectivity index (χ1) is 8.80. The first kappa shape index (κ1) is 14.1. The second-order valence-electron chi connectivity index (χ2n) is 4.63. The standard InChI is InChI=1S/C12H14ClNO4S/c1-8-7-19(17,18)5-4-14(8)9-2-3-10(12(15)16)11(13)6-9/h2-3,6,8H,4-5,7H2,1H3,(H,15,16). The summed E-state index contributed by atoms with van der Waals surface area (Å²) in [4.78, 5) is 12.8. The Hall–Kier alpha value is -1.27. The van der Waals surface area contributed by atoms with Gasteiger partial charge in [0.2, 0.25) is 0 Å². The molecule has 1 heterocycles. The second-order valence-corrected chi connectivity index (χ2v) is 7.26. The topological polar surface area (TPSA) is 74.7 Å². The summed E-state index contributed by atoms with van der Waals surface area (Å²) in [7, 11) is -2.97. The molecule has 0 radical (unpaired) electrons. The van der Waals surface area contributed by atoms with Gasteiger partial charge in [-0.15, -0.1) is 0 Å². The lowest BCUT2D eigenvalue weighted by Gasteiger charge is -2.35. The van der Waals surface area contributed by atoms with Gasteiger partial charge in [-0.2, -0.15) is 0 Å². The zero-order valence-corrected chi connectivity index (χ0v) is 11.9. The maximum Gasteiger partial charge on any atom is 0.337 e. The Bertz CT molecular complexity index is 614. The van der Waals surface area contributed by atoms with E-state index in [1.54, 1.807) is 12.1 Å². The lowest BCUT2D eigenvalue weighted by Crippen LogP contribution is -2.47. The molecule has 19 heavy (non-hydrogen) atoms. The summed E-state index contributed by atoms with van der Waals surface area (Å²) in [5.41, 5.74) is 0.792. The fourth-order valence-corrected chi connectivity index (χ4v) is 4.05. The van der Waals surface area contributed by atoms with E-state index >= 15 is 0 Å². The predicted octanol–water partition coefficient (Wildman–Crippen LogP) is 1.66. The Morgan fingerprint density at radius 2 is 2.16 bits per heavy atom. The number of benzene rings is 1. The van der Waals surface area contributed by atoms with Gasteiger partial charge in [0.1, 0.15) is 0 Å². The molecule has 0 bridgehead atoms. The zero-order chi connectivity index (χ0) is 14.2. The number of aromatic carboxylic acids is 1. The minimum atomic E-state index is -2.97. The van der Waals surface area contributed by atoms with Gasteiger partial charge in [0.25, 0.3) is 0 Å². The normalized spacial score (nSPS) is 22.2. The summed E-state index contributed by atoms with van der Waals surface area (Å²) in [6.07, 6.45) is 0. The van der Waals surface area contributed by atoms with E-state index in [1.807, 2.05) is 11.8 Å². The zero-order valence-electron chi connectivity index (χ0n) is 10.3. The molecule has 1 aliphatic heterocycles. The molecule has 1 aromatic carbocycles. The monoisotopic (exact) mass is 303 g/mol. The fourth-order valence-electron chi connectivity index (χ4n) is 2.24. The average Bonchev–Trinajstić information content (AvgIpc) is 2.26. The van der Waals surface area contributed by atoms with Crippen molar-refractivity contribution in [1.82, 2.24) is 0 Å². The molecule has 1 aromatic rings. The molecule has 2 rings (SSSR count). The van der Waals surface area contributed by atoms with Gasteiger partial charge in [-0.25, -0.2) is 13.2 Å². The van der Waals surface area contributed by atoms with Crippen LogP contribution in [0.1, 0.15) is 17.3 Å². The fraction of sp³-hybridized carbons (Fsp3) is 0.417. The average molecular weight is 304 g/mol. The summed E-state index contributed by atoms with van der Waals surface area (Å²) in [5.74, 6) is -0.869. The molecule has 1 saturated heterocycles. The van der Waals surface area contributed by atoms with Crippen LogP contribution in [0, 0.1) is 0 Å². The van der Waals surface area contributed by atoms with Gasteiger partial charge in [-0.1, -0.05) is 11.6 Å².